The molecule has 1 amide bonds. The lowest BCUT2D eigenvalue weighted by Crippen LogP contribution is -2.14. The summed E-state index contributed by atoms with van der Waals surface area (Å²) in [5.41, 5.74) is 0.557. The van der Waals surface area contributed by atoms with Gasteiger partial charge in [0, 0.05) is 12.0 Å². The molecule has 2 aromatic rings. The Labute approximate surface area is 103 Å². The standard InChI is InChI=1S/C13H13N3O2/c17-12-8-11(14-13(18)9-6-7-9)15-16(12)10-4-2-1-3-5-10/h1-5,8-9,15H,6-7H2,(H,14,18). The van der Waals surface area contributed by atoms with Crippen LogP contribution >= 0.6 is 0 Å². The number of benzene rings is 1. The molecule has 1 fully saturated rings. The highest BCUT2D eigenvalue weighted by molar-refractivity contribution is 5.93. The predicted molar refractivity (Wildman–Crippen MR) is 67.7 cm³/mol. The molecule has 1 saturated carbocycles. The van der Waals surface area contributed by atoms with Crippen LogP contribution in [0.4, 0.5) is 5.82 Å². The maximum Gasteiger partial charge on any atom is 0.273 e. The van der Waals surface area contributed by atoms with E-state index in [2.05, 4.69) is 10.4 Å². The van der Waals surface area contributed by atoms with Gasteiger partial charge in [-0.25, -0.2) is 4.68 Å². The lowest BCUT2D eigenvalue weighted by Gasteiger charge is -2.02. The van der Waals surface area contributed by atoms with Crippen LogP contribution in [0.15, 0.2) is 41.2 Å². The van der Waals surface area contributed by atoms with Gasteiger partial charge in [0.15, 0.2) is 0 Å². The molecule has 2 N–H and O–H groups in total. The van der Waals surface area contributed by atoms with E-state index in [1.54, 1.807) is 0 Å². The van der Waals surface area contributed by atoms with Crippen LogP contribution in [-0.4, -0.2) is 15.7 Å². The second kappa shape index (κ2) is 4.18. The van der Waals surface area contributed by atoms with E-state index >= 15 is 0 Å². The summed E-state index contributed by atoms with van der Waals surface area (Å²) < 4.78 is 1.41. The van der Waals surface area contributed by atoms with Gasteiger partial charge >= 0.3 is 0 Å². The van der Waals surface area contributed by atoms with Gasteiger partial charge in [-0.05, 0) is 25.0 Å². The monoisotopic (exact) mass is 243 g/mol. The smallest absolute Gasteiger partial charge is 0.273 e. The van der Waals surface area contributed by atoms with Crippen molar-refractivity contribution in [1.82, 2.24) is 9.78 Å². The van der Waals surface area contributed by atoms with Gasteiger partial charge in [0.05, 0.1) is 5.69 Å². The summed E-state index contributed by atoms with van der Waals surface area (Å²) >= 11 is 0. The van der Waals surface area contributed by atoms with Crippen LogP contribution in [0.1, 0.15) is 12.8 Å². The number of hydrogen-bond donors (Lipinski definition) is 2. The molecule has 0 unspecified atom stereocenters. The van der Waals surface area contributed by atoms with Crippen molar-refractivity contribution in [3.8, 4) is 5.69 Å². The summed E-state index contributed by atoms with van der Waals surface area (Å²) in [6, 6.07) is 10.6. The molecule has 3 rings (SSSR count). The molecule has 1 aromatic heterocycles. The van der Waals surface area contributed by atoms with Crippen LogP contribution in [0.5, 0.6) is 0 Å². The summed E-state index contributed by atoms with van der Waals surface area (Å²) in [6.07, 6.45) is 1.88. The SMILES string of the molecule is O=C(Nc1cc(=O)n(-c2ccccc2)[nH]1)C1CC1. The highest BCUT2D eigenvalue weighted by atomic mass is 16.2. The van der Waals surface area contributed by atoms with E-state index in [0.29, 0.717) is 5.82 Å². The van der Waals surface area contributed by atoms with E-state index in [0.717, 1.165) is 18.5 Å². The van der Waals surface area contributed by atoms with Crippen LogP contribution in [0, 0.1) is 5.92 Å². The summed E-state index contributed by atoms with van der Waals surface area (Å²) in [7, 11) is 0. The Morgan fingerprint density at radius 2 is 2.00 bits per heavy atom. The van der Waals surface area contributed by atoms with Crippen molar-refractivity contribution < 1.29 is 4.79 Å². The number of rotatable bonds is 3. The van der Waals surface area contributed by atoms with Crippen LogP contribution < -0.4 is 10.9 Å². The fraction of sp³-hybridized carbons (Fsp3) is 0.231. The van der Waals surface area contributed by atoms with E-state index in [9.17, 15) is 9.59 Å². The van der Waals surface area contributed by atoms with Crippen molar-refractivity contribution in [2.24, 2.45) is 5.92 Å². The summed E-state index contributed by atoms with van der Waals surface area (Å²) in [5.74, 6) is 0.547. The first-order valence-electron chi connectivity index (χ1n) is 5.92. The number of carbonyl (C=O) groups excluding carboxylic acids is 1. The second-order valence-electron chi connectivity index (χ2n) is 4.44. The number of amides is 1. The number of aromatic amines is 1. The highest BCUT2D eigenvalue weighted by Crippen LogP contribution is 2.29. The van der Waals surface area contributed by atoms with Crippen molar-refractivity contribution in [1.29, 1.82) is 0 Å². The molecule has 1 aliphatic rings. The van der Waals surface area contributed by atoms with Crippen molar-refractivity contribution >= 4 is 11.7 Å². The van der Waals surface area contributed by atoms with Gasteiger partial charge in [0.1, 0.15) is 5.82 Å². The molecule has 0 spiro atoms. The topological polar surface area (TPSA) is 66.9 Å². The average molecular weight is 243 g/mol. The third-order valence-corrected chi connectivity index (χ3v) is 2.94. The number of aromatic nitrogens is 2. The molecule has 0 atom stereocenters. The zero-order valence-electron chi connectivity index (χ0n) is 9.72. The Hall–Kier alpha value is -2.30. The number of carbonyl (C=O) groups is 1. The van der Waals surface area contributed by atoms with Gasteiger partial charge in [-0.2, -0.15) is 0 Å². The average Bonchev–Trinajstić information content (AvgIpc) is 3.16. The van der Waals surface area contributed by atoms with Gasteiger partial charge in [0.2, 0.25) is 5.91 Å². The molecule has 0 saturated heterocycles. The Balaban J connectivity index is 1.86. The molecular weight excluding hydrogens is 230 g/mol. The molecule has 0 aliphatic heterocycles. The van der Waals surface area contributed by atoms with Crippen LogP contribution in [0.25, 0.3) is 5.69 Å². The van der Waals surface area contributed by atoms with Crippen molar-refractivity contribution in [2.45, 2.75) is 12.8 Å². The summed E-state index contributed by atoms with van der Waals surface area (Å²) in [4.78, 5) is 23.4. The minimum atomic E-state index is -0.188. The first-order chi connectivity index (χ1) is 8.74. The second-order valence-corrected chi connectivity index (χ2v) is 4.44. The van der Waals surface area contributed by atoms with Crippen LogP contribution in [0.2, 0.25) is 0 Å². The third kappa shape index (κ3) is 2.07. The van der Waals surface area contributed by atoms with E-state index in [1.165, 1.54) is 10.7 Å². The largest absolute Gasteiger partial charge is 0.311 e. The maximum atomic E-state index is 11.8. The minimum Gasteiger partial charge on any atom is -0.311 e. The number of nitrogens with one attached hydrogen (secondary N) is 2. The van der Waals surface area contributed by atoms with Gasteiger partial charge in [0.25, 0.3) is 5.56 Å². The zero-order chi connectivity index (χ0) is 12.5. The molecule has 5 heteroatoms. The molecule has 0 radical (unpaired) electrons. The molecule has 1 aliphatic carbocycles. The Kier molecular flexibility index (Phi) is 2.51. The van der Waals surface area contributed by atoms with Crippen molar-refractivity contribution in [3.63, 3.8) is 0 Å². The fourth-order valence-electron chi connectivity index (χ4n) is 1.81. The lowest BCUT2D eigenvalue weighted by molar-refractivity contribution is -0.117. The van der Waals surface area contributed by atoms with Gasteiger partial charge in [-0.15, -0.1) is 0 Å². The maximum absolute atomic E-state index is 11.8. The quantitative estimate of drug-likeness (QED) is 0.858. The van der Waals surface area contributed by atoms with Crippen LogP contribution in [0.3, 0.4) is 0 Å². The predicted octanol–water partition coefficient (Wildman–Crippen LogP) is 1.51. The van der Waals surface area contributed by atoms with Gasteiger partial charge in [-0.3, -0.25) is 14.7 Å². The van der Waals surface area contributed by atoms with E-state index in [4.69, 9.17) is 0 Å². The first-order valence-corrected chi connectivity index (χ1v) is 5.92. The zero-order valence-corrected chi connectivity index (χ0v) is 9.72. The van der Waals surface area contributed by atoms with Gasteiger partial charge in [-0.1, -0.05) is 18.2 Å². The highest BCUT2D eigenvalue weighted by Gasteiger charge is 2.29. The lowest BCUT2D eigenvalue weighted by atomic mass is 10.3. The number of para-hydroxylation sites is 1. The third-order valence-electron chi connectivity index (χ3n) is 2.94. The molecule has 0 bridgehead atoms. The molecule has 18 heavy (non-hydrogen) atoms. The number of H-pyrrole nitrogens is 1. The van der Waals surface area contributed by atoms with Crippen molar-refractivity contribution in [3.05, 3.63) is 46.8 Å². The summed E-state index contributed by atoms with van der Waals surface area (Å²) in [6.45, 7) is 0. The minimum absolute atomic E-state index is 0.0172. The fourth-order valence-corrected chi connectivity index (χ4v) is 1.81. The Morgan fingerprint density at radius 3 is 2.67 bits per heavy atom. The summed E-state index contributed by atoms with van der Waals surface area (Å²) in [5, 5.41) is 5.60. The number of nitrogens with zero attached hydrogens (tertiary/aromatic N) is 1. The Bertz CT molecular complexity index is 623. The number of anilines is 1. The molecule has 1 heterocycles. The molecule has 92 valence electrons. The number of hydrogen-bond acceptors (Lipinski definition) is 2. The van der Waals surface area contributed by atoms with E-state index < -0.39 is 0 Å². The Morgan fingerprint density at radius 1 is 1.28 bits per heavy atom. The first kappa shape index (κ1) is 10.8. The van der Waals surface area contributed by atoms with Gasteiger partial charge < -0.3 is 5.32 Å². The van der Waals surface area contributed by atoms with Crippen molar-refractivity contribution in [2.75, 3.05) is 5.32 Å². The van der Waals surface area contributed by atoms with E-state index in [1.807, 2.05) is 30.3 Å². The molecule has 1 aromatic carbocycles. The molecule has 5 nitrogen and oxygen atoms in total. The normalized spacial score (nSPS) is 14.4. The van der Waals surface area contributed by atoms with Crippen LogP contribution in [-0.2, 0) is 4.79 Å². The molecular formula is C13H13N3O2. The van der Waals surface area contributed by atoms with E-state index in [-0.39, 0.29) is 17.4 Å².